The molecular formula is C16H21NS. The van der Waals surface area contributed by atoms with Crippen LogP contribution in [0.1, 0.15) is 24.3 Å². The fourth-order valence-electron chi connectivity index (χ4n) is 2.10. The quantitative estimate of drug-likeness (QED) is 0.867. The van der Waals surface area contributed by atoms with Crippen LogP contribution in [0.5, 0.6) is 0 Å². The number of hydrogen-bond donors (Lipinski definition) is 1. The Morgan fingerprint density at radius 3 is 2.33 bits per heavy atom. The number of aryl methyl sites for hydroxylation is 1. The molecule has 1 aromatic carbocycles. The second-order valence-corrected chi connectivity index (χ2v) is 6.53. The zero-order valence-corrected chi connectivity index (χ0v) is 12.4. The van der Waals surface area contributed by atoms with E-state index < -0.39 is 0 Å². The summed E-state index contributed by atoms with van der Waals surface area (Å²) in [4.78, 5) is 2.79. The van der Waals surface area contributed by atoms with Gasteiger partial charge in [-0.15, -0.1) is 11.3 Å². The molecule has 0 unspecified atom stereocenters. The van der Waals surface area contributed by atoms with Crippen molar-refractivity contribution >= 4 is 11.3 Å². The molecule has 2 rings (SSSR count). The molecule has 0 amide bonds. The third-order valence-electron chi connectivity index (χ3n) is 3.23. The lowest BCUT2D eigenvalue weighted by Crippen LogP contribution is -2.29. The van der Waals surface area contributed by atoms with Crippen LogP contribution >= 0.6 is 11.3 Å². The predicted octanol–water partition coefficient (Wildman–Crippen LogP) is 4.22. The summed E-state index contributed by atoms with van der Waals surface area (Å²) < 4.78 is 0. The predicted molar refractivity (Wildman–Crippen MR) is 81.4 cm³/mol. The monoisotopic (exact) mass is 259 g/mol. The van der Waals surface area contributed by atoms with Gasteiger partial charge in [0.15, 0.2) is 0 Å². The van der Waals surface area contributed by atoms with Crippen molar-refractivity contribution in [3.05, 3.63) is 46.8 Å². The van der Waals surface area contributed by atoms with E-state index in [1.54, 1.807) is 0 Å². The van der Waals surface area contributed by atoms with Crippen molar-refractivity contribution in [2.75, 3.05) is 13.6 Å². The van der Waals surface area contributed by atoms with Crippen LogP contribution in [0.2, 0.25) is 0 Å². The van der Waals surface area contributed by atoms with E-state index in [1.165, 1.54) is 20.9 Å². The highest BCUT2D eigenvalue weighted by Gasteiger charge is 2.21. The van der Waals surface area contributed by atoms with E-state index in [4.69, 9.17) is 0 Å². The summed E-state index contributed by atoms with van der Waals surface area (Å²) in [5, 5.41) is 3.27. The molecule has 0 saturated carbocycles. The van der Waals surface area contributed by atoms with Crippen molar-refractivity contribution in [3.8, 4) is 10.4 Å². The van der Waals surface area contributed by atoms with Crippen molar-refractivity contribution in [2.24, 2.45) is 0 Å². The number of hydrogen-bond acceptors (Lipinski definition) is 2. The molecule has 1 nitrogen and oxygen atoms in total. The molecule has 0 aliphatic heterocycles. The van der Waals surface area contributed by atoms with Gasteiger partial charge < -0.3 is 5.32 Å². The summed E-state index contributed by atoms with van der Waals surface area (Å²) in [6.07, 6.45) is 0. The van der Waals surface area contributed by atoms with Gasteiger partial charge in [-0.3, -0.25) is 0 Å². The van der Waals surface area contributed by atoms with E-state index >= 15 is 0 Å². The van der Waals surface area contributed by atoms with Gasteiger partial charge in [-0.25, -0.2) is 0 Å². The van der Waals surface area contributed by atoms with Gasteiger partial charge >= 0.3 is 0 Å². The van der Waals surface area contributed by atoms with E-state index in [1.807, 2.05) is 18.4 Å². The maximum absolute atomic E-state index is 3.27. The summed E-state index contributed by atoms with van der Waals surface area (Å²) in [7, 11) is 2.01. The summed E-state index contributed by atoms with van der Waals surface area (Å²) in [5.41, 5.74) is 2.82. The topological polar surface area (TPSA) is 12.0 Å². The van der Waals surface area contributed by atoms with Gasteiger partial charge in [0, 0.05) is 21.7 Å². The standard InChI is InChI=1S/C16H21NS/c1-12-5-7-13(8-6-12)14-9-10-15(18-14)16(2,3)11-17-4/h5-10,17H,11H2,1-4H3. The van der Waals surface area contributed by atoms with Crippen molar-refractivity contribution in [3.63, 3.8) is 0 Å². The first-order chi connectivity index (χ1) is 8.53. The highest BCUT2D eigenvalue weighted by Crippen LogP contribution is 2.34. The second kappa shape index (κ2) is 5.25. The Hall–Kier alpha value is -1.12. The number of benzene rings is 1. The number of thiophene rings is 1. The van der Waals surface area contributed by atoms with Crippen LogP contribution in [0.3, 0.4) is 0 Å². The van der Waals surface area contributed by atoms with E-state index in [0.29, 0.717) is 0 Å². The van der Waals surface area contributed by atoms with E-state index in [0.717, 1.165) is 6.54 Å². The van der Waals surface area contributed by atoms with Crippen LogP contribution in [-0.4, -0.2) is 13.6 Å². The average molecular weight is 259 g/mol. The van der Waals surface area contributed by atoms with Gasteiger partial charge in [0.2, 0.25) is 0 Å². The molecule has 0 radical (unpaired) electrons. The lowest BCUT2D eigenvalue weighted by molar-refractivity contribution is 0.503. The Labute approximate surface area is 114 Å². The average Bonchev–Trinajstić information content (AvgIpc) is 2.80. The fourth-order valence-corrected chi connectivity index (χ4v) is 3.22. The summed E-state index contributed by atoms with van der Waals surface area (Å²) in [5.74, 6) is 0. The minimum Gasteiger partial charge on any atom is -0.319 e. The highest BCUT2D eigenvalue weighted by molar-refractivity contribution is 7.15. The maximum Gasteiger partial charge on any atom is 0.0345 e. The third-order valence-corrected chi connectivity index (χ3v) is 4.73. The van der Waals surface area contributed by atoms with Crippen molar-refractivity contribution in [2.45, 2.75) is 26.2 Å². The first-order valence-corrected chi connectivity index (χ1v) is 7.16. The van der Waals surface area contributed by atoms with Gasteiger partial charge in [-0.1, -0.05) is 43.7 Å². The first kappa shape index (κ1) is 13.3. The minimum atomic E-state index is 0.197. The Morgan fingerprint density at radius 1 is 1.06 bits per heavy atom. The normalized spacial score (nSPS) is 11.8. The highest BCUT2D eigenvalue weighted by atomic mass is 32.1. The molecular weight excluding hydrogens is 238 g/mol. The van der Waals surface area contributed by atoms with Gasteiger partial charge in [-0.2, -0.15) is 0 Å². The molecule has 0 saturated heterocycles. The first-order valence-electron chi connectivity index (χ1n) is 6.35. The molecule has 1 heterocycles. The largest absolute Gasteiger partial charge is 0.319 e. The molecule has 2 heteroatoms. The van der Waals surface area contributed by atoms with Gasteiger partial charge in [0.05, 0.1) is 0 Å². The molecule has 1 aromatic heterocycles. The van der Waals surface area contributed by atoms with Crippen molar-refractivity contribution < 1.29 is 0 Å². The zero-order valence-electron chi connectivity index (χ0n) is 11.6. The number of rotatable bonds is 4. The van der Waals surface area contributed by atoms with Crippen LogP contribution in [-0.2, 0) is 5.41 Å². The Morgan fingerprint density at radius 2 is 1.72 bits per heavy atom. The summed E-state index contributed by atoms with van der Waals surface area (Å²) in [6, 6.07) is 13.3. The molecule has 0 aliphatic rings. The Kier molecular flexibility index (Phi) is 3.88. The molecule has 0 aliphatic carbocycles. The maximum atomic E-state index is 3.27. The van der Waals surface area contributed by atoms with Gasteiger partial charge in [0.25, 0.3) is 0 Å². The molecule has 2 aromatic rings. The second-order valence-electron chi connectivity index (χ2n) is 5.44. The molecule has 0 atom stereocenters. The molecule has 0 fully saturated rings. The van der Waals surface area contributed by atoms with E-state index in [2.05, 4.69) is 62.5 Å². The fraction of sp³-hybridized carbons (Fsp3) is 0.375. The summed E-state index contributed by atoms with van der Waals surface area (Å²) >= 11 is 1.90. The smallest absolute Gasteiger partial charge is 0.0345 e. The van der Waals surface area contributed by atoms with Crippen LogP contribution in [0.4, 0.5) is 0 Å². The lowest BCUT2D eigenvalue weighted by Gasteiger charge is -2.22. The van der Waals surface area contributed by atoms with Gasteiger partial charge in [-0.05, 0) is 31.7 Å². The Bertz CT molecular complexity index is 508. The third kappa shape index (κ3) is 2.82. The van der Waals surface area contributed by atoms with Crippen LogP contribution in [0.15, 0.2) is 36.4 Å². The van der Waals surface area contributed by atoms with E-state index in [-0.39, 0.29) is 5.41 Å². The molecule has 0 spiro atoms. The summed E-state index contributed by atoms with van der Waals surface area (Å²) in [6.45, 7) is 7.70. The van der Waals surface area contributed by atoms with Crippen LogP contribution in [0, 0.1) is 6.92 Å². The molecule has 1 N–H and O–H groups in total. The number of likely N-dealkylation sites (N-methyl/N-ethyl adjacent to an activating group) is 1. The van der Waals surface area contributed by atoms with E-state index in [9.17, 15) is 0 Å². The van der Waals surface area contributed by atoms with Crippen LogP contribution in [0.25, 0.3) is 10.4 Å². The molecule has 96 valence electrons. The molecule has 18 heavy (non-hydrogen) atoms. The SMILES string of the molecule is CNCC(C)(C)c1ccc(-c2ccc(C)cc2)s1. The lowest BCUT2D eigenvalue weighted by atomic mass is 9.91. The minimum absolute atomic E-state index is 0.197. The zero-order chi connectivity index (χ0) is 13.2. The van der Waals surface area contributed by atoms with Crippen LogP contribution < -0.4 is 5.32 Å². The Balaban J connectivity index is 2.28. The van der Waals surface area contributed by atoms with Crippen molar-refractivity contribution in [1.82, 2.24) is 5.32 Å². The van der Waals surface area contributed by atoms with Gasteiger partial charge in [0.1, 0.15) is 0 Å². The molecule has 0 bridgehead atoms. The van der Waals surface area contributed by atoms with Crippen molar-refractivity contribution in [1.29, 1.82) is 0 Å². The number of nitrogens with one attached hydrogen (secondary N) is 1.